The summed E-state index contributed by atoms with van der Waals surface area (Å²) in [6.45, 7) is 15.6. The van der Waals surface area contributed by atoms with E-state index < -0.39 is 53.0 Å². The van der Waals surface area contributed by atoms with Gasteiger partial charge in [0, 0.05) is 54.8 Å². The van der Waals surface area contributed by atoms with E-state index in [2.05, 4.69) is 20.9 Å². The molecule has 0 radical (unpaired) electrons. The predicted octanol–water partition coefficient (Wildman–Crippen LogP) is 5.67. The summed E-state index contributed by atoms with van der Waals surface area (Å²) in [6, 6.07) is 3.40. The number of ether oxygens (including phenoxy) is 4. The van der Waals surface area contributed by atoms with Gasteiger partial charge in [0.2, 0.25) is 11.8 Å². The summed E-state index contributed by atoms with van der Waals surface area (Å²) < 4.78 is 24.4. The van der Waals surface area contributed by atoms with E-state index in [4.69, 9.17) is 40.5 Å². The van der Waals surface area contributed by atoms with E-state index in [0.29, 0.717) is 102 Å². The number of aliphatic carboxylic acids is 1. The second-order valence-corrected chi connectivity index (χ2v) is 20.7. The minimum absolute atomic E-state index is 0.0258. The van der Waals surface area contributed by atoms with Crippen LogP contribution in [0, 0.1) is 35.0 Å². The Bertz CT molecular complexity index is 2270. The number of halogens is 1. The average Bonchev–Trinajstić information content (AvgIpc) is 4.10. The van der Waals surface area contributed by atoms with Crippen molar-refractivity contribution in [1.29, 1.82) is 0 Å². The van der Waals surface area contributed by atoms with Crippen molar-refractivity contribution in [2.45, 2.75) is 103 Å². The lowest BCUT2D eigenvalue weighted by molar-refractivity contribution is -0.146. The van der Waals surface area contributed by atoms with E-state index in [9.17, 15) is 24.3 Å². The van der Waals surface area contributed by atoms with Crippen LogP contribution in [0.25, 0.3) is 22.3 Å². The number of amides is 3. The fourth-order valence-electron chi connectivity index (χ4n) is 10.2. The van der Waals surface area contributed by atoms with Crippen molar-refractivity contribution in [3.05, 3.63) is 28.6 Å². The molecule has 2 aromatic heterocycles. The first-order chi connectivity index (χ1) is 30.1. The minimum Gasteiger partial charge on any atom is -0.491 e. The first-order valence-electron chi connectivity index (χ1n) is 22.3. The molecule has 2 saturated heterocycles. The highest BCUT2D eigenvalue weighted by molar-refractivity contribution is 7.14. The van der Waals surface area contributed by atoms with Gasteiger partial charge in [-0.1, -0.05) is 45.7 Å². The number of fused-ring (bicyclic) bond motifs is 2. The molecule has 10 atom stereocenters. The number of thiazole rings is 1. The smallest absolute Gasteiger partial charge is 0.408 e. The van der Waals surface area contributed by atoms with Gasteiger partial charge >= 0.3 is 12.1 Å². The van der Waals surface area contributed by atoms with Crippen molar-refractivity contribution in [1.82, 2.24) is 30.4 Å². The summed E-state index contributed by atoms with van der Waals surface area (Å²) in [6.07, 6.45) is 0.239. The molecule has 7 aliphatic rings. The van der Waals surface area contributed by atoms with Crippen LogP contribution in [0.1, 0.15) is 67.2 Å². The number of carboxylic acid groups (broad SMARTS) is 1. The summed E-state index contributed by atoms with van der Waals surface area (Å²) in [4.78, 5) is 68.6. The molecule has 10 rings (SSSR count). The normalized spacial score (nSPS) is 29.8. The molecule has 0 spiro atoms. The highest BCUT2D eigenvalue weighted by Gasteiger charge is 2.81. The SMILES string of the molecule is CCC1C[C@]1(NC(=O)[C@@H]1C[C@@H](Oc2cc(-c3csc(NC(C)C)n3)nc3c(Cl)c(OCCN4CCOCC4)ccc23)CN1C(=O)[C@@H](NC(=O)O[C@@H]1CC2C3C1[C@H]23)C(C)(C)C)C(=O)O. The van der Waals surface area contributed by atoms with E-state index in [-0.39, 0.29) is 31.0 Å². The molecule has 2 bridgehead atoms. The van der Waals surface area contributed by atoms with Crippen LogP contribution in [0.5, 0.6) is 11.5 Å². The van der Waals surface area contributed by atoms with Crippen molar-refractivity contribution >= 4 is 62.8 Å². The third kappa shape index (κ3) is 8.62. The number of carboxylic acids is 1. The third-order valence-corrected chi connectivity index (χ3v) is 15.0. The summed E-state index contributed by atoms with van der Waals surface area (Å²) >= 11 is 8.56. The molecule has 5 aliphatic carbocycles. The molecular weight excluding hydrogens is 850 g/mol. The fourth-order valence-corrected chi connectivity index (χ4v) is 11.3. The Morgan fingerprint density at radius 2 is 1.83 bits per heavy atom. The van der Waals surface area contributed by atoms with Gasteiger partial charge in [-0.15, -0.1) is 11.3 Å². The number of rotatable bonds is 16. The number of nitrogens with one attached hydrogen (secondary N) is 3. The van der Waals surface area contributed by atoms with Gasteiger partial charge in [-0.25, -0.2) is 19.6 Å². The molecule has 5 saturated carbocycles. The second kappa shape index (κ2) is 16.8. The van der Waals surface area contributed by atoms with Gasteiger partial charge in [0.1, 0.15) is 58.7 Å². The van der Waals surface area contributed by atoms with Crippen molar-refractivity contribution in [2.75, 3.05) is 51.3 Å². The number of hydrogen-bond donors (Lipinski definition) is 4. The number of hydrogen-bond acceptors (Lipinski definition) is 13. The van der Waals surface area contributed by atoms with Crippen LogP contribution < -0.4 is 25.4 Å². The van der Waals surface area contributed by atoms with Gasteiger partial charge in [0.25, 0.3) is 0 Å². The van der Waals surface area contributed by atoms with Gasteiger partial charge in [-0.05, 0) is 67.9 Å². The number of nitrogens with zero attached hydrogens (tertiary/aromatic N) is 4. The standard InChI is InChI=1S/C45H58ClN7O9S/c1-7-23-19-45(23,41(56)57)51-39(54)29-16-24(20-53(29)40(55)38(44(4,5)6)50-43(58)62-32-17-26-33-34(26)35(32)33)61-31-18-27(28-21-63-42(49-28)47-22(2)3)48-37-25(31)8-9-30(36(37)46)60-15-12-52-10-13-59-14-11-52/h8-9,18,21-24,26,29,32-35,38H,7,10-17,19-20H2,1-6H3,(H,47,49)(H,50,58)(H,51,54)(H,56,57)/t23?,24-,26?,29+,32-,33-,34?,35?,38-,45-/m1/s1. The zero-order chi connectivity index (χ0) is 44.5. The molecule has 4 unspecified atom stereocenters. The number of aromatic nitrogens is 2. The molecular formula is C45H58ClN7O9S. The Hall–Kier alpha value is -4.45. The number of carbonyl (C=O) groups is 4. The van der Waals surface area contributed by atoms with Crippen molar-refractivity contribution in [2.24, 2.45) is 35.0 Å². The molecule has 4 N–H and O–H groups in total. The predicted molar refractivity (Wildman–Crippen MR) is 236 cm³/mol. The Balaban J connectivity index is 1.01. The van der Waals surface area contributed by atoms with E-state index in [1.54, 1.807) is 12.1 Å². The van der Waals surface area contributed by atoms with Gasteiger partial charge in [0.05, 0.1) is 31.0 Å². The lowest BCUT2D eigenvalue weighted by Crippen LogP contribution is -2.59. The number of likely N-dealkylation sites (tertiary alicyclic amines) is 1. The molecule has 63 heavy (non-hydrogen) atoms. The van der Waals surface area contributed by atoms with Crippen molar-refractivity contribution in [3.8, 4) is 22.9 Å². The van der Waals surface area contributed by atoms with E-state index in [1.807, 2.05) is 53.0 Å². The number of pyridine rings is 1. The van der Waals surface area contributed by atoms with Gasteiger partial charge in [-0.3, -0.25) is 14.5 Å². The Labute approximate surface area is 376 Å². The quantitative estimate of drug-likeness (QED) is 0.138. The first kappa shape index (κ1) is 43.8. The summed E-state index contributed by atoms with van der Waals surface area (Å²) in [5, 5.41) is 22.8. The maximum absolute atomic E-state index is 14.8. The lowest BCUT2D eigenvalue weighted by Gasteiger charge is -2.35. The van der Waals surface area contributed by atoms with Crippen LogP contribution >= 0.6 is 22.9 Å². The molecule has 3 aromatic rings. The highest BCUT2D eigenvalue weighted by Crippen LogP contribution is 2.82. The molecule has 2 aliphatic heterocycles. The van der Waals surface area contributed by atoms with Crippen LogP contribution in [0.2, 0.25) is 5.02 Å². The summed E-state index contributed by atoms with van der Waals surface area (Å²) in [7, 11) is 0. The van der Waals surface area contributed by atoms with Crippen LogP contribution in [-0.4, -0.2) is 131 Å². The number of alkyl carbamates (subject to hydrolysis) is 1. The van der Waals surface area contributed by atoms with Crippen LogP contribution in [0.15, 0.2) is 23.6 Å². The van der Waals surface area contributed by atoms with Crippen molar-refractivity contribution in [3.63, 3.8) is 0 Å². The molecule has 18 heteroatoms. The molecule has 340 valence electrons. The van der Waals surface area contributed by atoms with E-state index in [0.717, 1.165) is 24.6 Å². The minimum atomic E-state index is -1.42. The molecule has 4 heterocycles. The largest absolute Gasteiger partial charge is 0.491 e. The average molecular weight is 909 g/mol. The fraction of sp³-hybridized carbons (Fsp3) is 0.644. The monoisotopic (exact) mass is 907 g/mol. The molecule has 7 fully saturated rings. The third-order valence-electron chi connectivity index (χ3n) is 13.9. The molecule has 16 nitrogen and oxygen atoms in total. The first-order valence-corrected chi connectivity index (χ1v) is 23.6. The van der Waals surface area contributed by atoms with Gasteiger partial charge in [0.15, 0.2) is 5.13 Å². The topological polar surface area (TPSA) is 194 Å². The maximum atomic E-state index is 14.8. The number of benzene rings is 1. The molecule has 3 amide bonds. The highest BCUT2D eigenvalue weighted by atomic mass is 35.5. The van der Waals surface area contributed by atoms with Gasteiger partial charge in [-0.2, -0.15) is 0 Å². The zero-order valence-electron chi connectivity index (χ0n) is 36.6. The van der Waals surface area contributed by atoms with E-state index in [1.165, 1.54) is 16.2 Å². The van der Waals surface area contributed by atoms with Crippen LogP contribution in [0.3, 0.4) is 0 Å². The number of carbonyl (C=O) groups excluding carboxylic acids is 3. The Morgan fingerprint density at radius 1 is 1.06 bits per heavy atom. The summed E-state index contributed by atoms with van der Waals surface area (Å²) in [5.41, 5.74) is -0.671. The molecule has 1 aromatic carbocycles. The number of morpholine rings is 1. The van der Waals surface area contributed by atoms with Crippen LogP contribution in [0.4, 0.5) is 9.93 Å². The lowest BCUT2D eigenvalue weighted by atomic mass is 9.85. The summed E-state index contributed by atoms with van der Waals surface area (Å²) in [5.74, 6) is 0.897. The van der Waals surface area contributed by atoms with Crippen molar-refractivity contribution < 1.29 is 43.2 Å². The van der Waals surface area contributed by atoms with Gasteiger partial charge < -0.3 is 44.9 Å². The Morgan fingerprint density at radius 3 is 2.48 bits per heavy atom. The van der Waals surface area contributed by atoms with Crippen LogP contribution in [-0.2, 0) is 23.9 Å². The maximum Gasteiger partial charge on any atom is 0.408 e. The number of anilines is 1. The van der Waals surface area contributed by atoms with E-state index >= 15 is 0 Å². The Kier molecular flexibility index (Phi) is 11.7. The second-order valence-electron chi connectivity index (χ2n) is 19.5. The zero-order valence-corrected chi connectivity index (χ0v) is 38.2.